The van der Waals surface area contributed by atoms with Crippen LogP contribution in [-0.2, 0) is 11.3 Å². The number of nitrogens with one attached hydrogen (secondary N) is 1. The molecule has 0 spiro atoms. The first-order valence-corrected chi connectivity index (χ1v) is 6.15. The van der Waals surface area contributed by atoms with Crippen LogP contribution in [0.2, 0.25) is 0 Å². The number of anilines is 1. The lowest BCUT2D eigenvalue weighted by Gasteiger charge is -2.07. The van der Waals surface area contributed by atoms with E-state index < -0.39 is 0 Å². The molecule has 1 aromatic carbocycles. The summed E-state index contributed by atoms with van der Waals surface area (Å²) < 4.78 is 1.81. The molecule has 19 heavy (non-hydrogen) atoms. The number of benzene rings is 1. The zero-order valence-corrected chi connectivity index (χ0v) is 11.1. The number of rotatable bonds is 4. The Morgan fingerprint density at radius 1 is 1.37 bits per heavy atom. The first-order valence-electron chi connectivity index (χ1n) is 6.15. The summed E-state index contributed by atoms with van der Waals surface area (Å²) in [6.07, 6.45) is 0.316. The molecule has 0 atom stereocenters. The highest BCUT2D eigenvalue weighted by molar-refractivity contribution is 5.92. The SMILES string of the molecule is Cc1cc(C)n(CCC(=O)Nc2ccccc2O)n1. The van der Waals surface area contributed by atoms with Crippen molar-refractivity contribution in [1.29, 1.82) is 0 Å². The van der Waals surface area contributed by atoms with E-state index in [-0.39, 0.29) is 11.7 Å². The summed E-state index contributed by atoms with van der Waals surface area (Å²) in [5, 5.41) is 16.5. The fourth-order valence-electron chi connectivity index (χ4n) is 1.90. The molecule has 1 aromatic heterocycles. The highest BCUT2D eigenvalue weighted by atomic mass is 16.3. The van der Waals surface area contributed by atoms with E-state index in [1.807, 2.05) is 19.9 Å². The first kappa shape index (κ1) is 13.1. The molecule has 100 valence electrons. The molecule has 0 bridgehead atoms. The number of nitrogens with zero attached hydrogens (tertiary/aromatic N) is 2. The van der Waals surface area contributed by atoms with Gasteiger partial charge in [0.05, 0.1) is 11.4 Å². The average Bonchev–Trinajstić information content (AvgIpc) is 2.68. The van der Waals surface area contributed by atoms with Crippen molar-refractivity contribution in [2.45, 2.75) is 26.8 Å². The maximum absolute atomic E-state index is 11.8. The third-order valence-electron chi connectivity index (χ3n) is 2.83. The zero-order valence-electron chi connectivity index (χ0n) is 11.1. The minimum absolute atomic E-state index is 0.0713. The second-order valence-corrected chi connectivity index (χ2v) is 4.47. The molecule has 0 radical (unpaired) electrons. The van der Waals surface area contributed by atoms with Crippen molar-refractivity contribution in [2.24, 2.45) is 0 Å². The van der Waals surface area contributed by atoms with Gasteiger partial charge in [0.2, 0.25) is 5.91 Å². The van der Waals surface area contributed by atoms with Crippen molar-refractivity contribution in [1.82, 2.24) is 9.78 Å². The Balaban J connectivity index is 1.92. The Morgan fingerprint density at radius 3 is 2.74 bits per heavy atom. The molecule has 5 heteroatoms. The molecule has 2 rings (SSSR count). The van der Waals surface area contributed by atoms with E-state index in [9.17, 15) is 9.90 Å². The van der Waals surface area contributed by atoms with Crippen LogP contribution in [0.4, 0.5) is 5.69 Å². The van der Waals surface area contributed by atoms with E-state index in [2.05, 4.69) is 10.4 Å². The van der Waals surface area contributed by atoms with Gasteiger partial charge in [-0.1, -0.05) is 12.1 Å². The molecule has 0 unspecified atom stereocenters. The third kappa shape index (κ3) is 3.34. The zero-order chi connectivity index (χ0) is 13.8. The number of aromatic hydroxyl groups is 1. The van der Waals surface area contributed by atoms with Gasteiger partial charge in [-0.05, 0) is 32.0 Å². The van der Waals surface area contributed by atoms with Crippen LogP contribution < -0.4 is 5.32 Å². The van der Waals surface area contributed by atoms with Gasteiger partial charge in [0, 0.05) is 18.7 Å². The van der Waals surface area contributed by atoms with Crippen molar-refractivity contribution in [3.8, 4) is 5.75 Å². The van der Waals surface area contributed by atoms with Gasteiger partial charge in [-0.3, -0.25) is 9.48 Å². The molecular weight excluding hydrogens is 242 g/mol. The van der Waals surface area contributed by atoms with Crippen LogP contribution in [-0.4, -0.2) is 20.8 Å². The average molecular weight is 259 g/mol. The Morgan fingerprint density at radius 2 is 2.11 bits per heavy atom. The minimum Gasteiger partial charge on any atom is -0.506 e. The van der Waals surface area contributed by atoms with Crippen LogP contribution in [0.1, 0.15) is 17.8 Å². The molecule has 0 aliphatic carbocycles. The van der Waals surface area contributed by atoms with Gasteiger partial charge in [0.15, 0.2) is 0 Å². The number of aryl methyl sites for hydroxylation is 3. The molecule has 0 fully saturated rings. The third-order valence-corrected chi connectivity index (χ3v) is 2.83. The number of amides is 1. The second-order valence-electron chi connectivity index (χ2n) is 4.47. The van der Waals surface area contributed by atoms with Gasteiger partial charge in [-0.25, -0.2) is 0 Å². The Kier molecular flexibility index (Phi) is 3.85. The fraction of sp³-hybridized carbons (Fsp3) is 0.286. The molecule has 0 aliphatic heterocycles. The number of phenols is 1. The van der Waals surface area contributed by atoms with Crippen molar-refractivity contribution < 1.29 is 9.90 Å². The van der Waals surface area contributed by atoms with Gasteiger partial charge in [0.1, 0.15) is 5.75 Å². The Bertz CT molecular complexity index is 590. The predicted molar refractivity (Wildman–Crippen MR) is 73.1 cm³/mol. The molecule has 1 heterocycles. The van der Waals surface area contributed by atoms with Crippen LogP contribution in [0.25, 0.3) is 0 Å². The van der Waals surface area contributed by atoms with E-state index in [1.165, 1.54) is 6.07 Å². The first-order chi connectivity index (χ1) is 9.06. The lowest BCUT2D eigenvalue weighted by atomic mass is 10.3. The highest BCUT2D eigenvalue weighted by Crippen LogP contribution is 2.21. The van der Waals surface area contributed by atoms with Crippen molar-refractivity contribution in [3.63, 3.8) is 0 Å². The van der Waals surface area contributed by atoms with E-state index in [0.29, 0.717) is 18.7 Å². The van der Waals surface area contributed by atoms with Gasteiger partial charge in [0.25, 0.3) is 0 Å². The fourth-order valence-corrected chi connectivity index (χ4v) is 1.90. The van der Waals surface area contributed by atoms with Crippen LogP contribution in [0.15, 0.2) is 30.3 Å². The number of carbonyl (C=O) groups excluding carboxylic acids is 1. The van der Waals surface area contributed by atoms with Crippen LogP contribution in [0.5, 0.6) is 5.75 Å². The summed E-state index contributed by atoms with van der Waals surface area (Å²) in [5.74, 6) is -0.0731. The summed E-state index contributed by atoms with van der Waals surface area (Å²) in [6, 6.07) is 8.64. The summed E-state index contributed by atoms with van der Waals surface area (Å²) in [7, 11) is 0. The quantitative estimate of drug-likeness (QED) is 0.827. The van der Waals surface area contributed by atoms with Crippen LogP contribution in [0.3, 0.4) is 0 Å². The molecule has 2 aromatic rings. The van der Waals surface area contributed by atoms with Crippen molar-refractivity contribution in [3.05, 3.63) is 41.7 Å². The van der Waals surface area contributed by atoms with Crippen LogP contribution >= 0.6 is 0 Å². The molecule has 2 N–H and O–H groups in total. The van der Waals surface area contributed by atoms with E-state index in [1.54, 1.807) is 22.9 Å². The van der Waals surface area contributed by atoms with Crippen molar-refractivity contribution in [2.75, 3.05) is 5.32 Å². The number of phenolic OH excluding ortho intramolecular Hbond substituents is 1. The summed E-state index contributed by atoms with van der Waals surface area (Å²) in [6.45, 7) is 4.41. The van der Waals surface area contributed by atoms with Crippen molar-refractivity contribution >= 4 is 11.6 Å². The highest BCUT2D eigenvalue weighted by Gasteiger charge is 2.07. The standard InChI is InChI=1S/C14H17N3O2/c1-10-9-11(2)17(16-10)8-7-14(19)15-12-5-3-4-6-13(12)18/h3-6,9,18H,7-8H2,1-2H3,(H,15,19). The molecule has 5 nitrogen and oxygen atoms in total. The number of hydrogen-bond donors (Lipinski definition) is 2. The Hall–Kier alpha value is -2.30. The lowest BCUT2D eigenvalue weighted by Crippen LogP contribution is -2.15. The normalized spacial score (nSPS) is 10.4. The second kappa shape index (κ2) is 5.56. The van der Waals surface area contributed by atoms with E-state index in [4.69, 9.17) is 0 Å². The number of hydrogen-bond acceptors (Lipinski definition) is 3. The van der Waals surface area contributed by atoms with Gasteiger partial charge >= 0.3 is 0 Å². The molecule has 0 saturated heterocycles. The van der Waals surface area contributed by atoms with Gasteiger partial charge in [-0.2, -0.15) is 5.10 Å². The maximum atomic E-state index is 11.8. The topological polar surface area (TPSA) is 67.2 Å². The molecule has 0 aliphatic rings. The lowest BCUT2D eigenvalue weighted by molar-refractivity contribution is -0.116. The smallest absolute Gasteiger partial charge is 0.226 e. The largest absolute Gasteiger partial charge is 0.506 e. The number of aromatic nitrogens is 2. The molecule has 1 amide bonds. The van der Waals surface area contributed by atoms with Crippen LogP contribution in [0, 0.1) is 13.8 Å². The maximum Gasteiger partial charge on any atom is 0.226 e. The van der Waals surface area contributed by atoms with E-state index >= 15 is 0 Å². The predicted octanol–water partition coefficient (Wildman–Crippen LogP) is 2.23. The van der Waals surface area contributed by atoms with Gasteiger partial charge in [-0.15, -0.1) is 0 Å². The Labute approximate surface area is 111 Å². The minimum atomic E-state index is -0.144. The molecule has 0 saturated carbocycles. The summed E-state index contributed by atoms with van der Waals surface area (Å²) in [5.41, 5.74) is 2.41. The summed E-state index contributed by atoms with van der Waals surface area (Å²) in [4.78, 5) is 11.8. The van der Waals surface area contributed by atoms with Gasteiger partial charge < -0.3 is 10.4 Å². The summed E-state index contributed by atoms with van der Waals surface area (Å²) >= 11 is 0. The molecular formula is C14H17N3O2. The number of carbonyl (C=O) groups is 1. The monoisotopic (exact) mass is 259 g/mol. The number of para-hydroxylation sites is 2. The van der Waals surface area contributed by atoms with E-state index in [0.717, 1.165) is 11.4 Å².